The third-order valence-corrected chi connectivity index (χ3v) is 4.48. The Morgan fingerprint density at radius 2 is 1.44 bits per heavy atom. The molecule has 90 valence electrons. The lowest BCUT2D eigenvalue weighted by Crippen LogP contribution is -2.46. The summed E-state index contributed by atoms with van der Waals surface area (Å²) in [5.41, 5.74) is 1.06. The van der Waals surface area contributed by atoms with E-state index in [-0.39, 0.29) is 6.10 Å². The quantitative estimate of drug-likeness (QED) is 0.716. The summed E-state index contributed by atoms with van der Waals surface area (Å²) in [5.74, 6) is 0. The minimum atomic E-state index is -2.96. The molecule has 0 aliphatic heterocycles. The summed E-state index contributed by atoms with van der Waals surface area (Å²) < 4.78 is 21.3. The van der Waals surface area contributed by atoms with E-state index in [1.165, 1.54) is 21.3 Å². The number of benzene rings is 1. The molecule has 0 bridgehead atoms. The van der Waals surface area contributed by atoms with Gasteiger partial charge in [-0.05, 0) is 12.5 Å². The molecular weight excluding hydrogens is 224 g/mol. The van der Waals surface area contributed by atoms with Crippen molar-refractivity contribution in [3.63, 3.8) is 0 Å². The van der Waals surface area contributed by atoms with Gasteiger partial charge in [0, 0.05) is 21.3 Å². The van der Waals surface area contributed by atoms with Crippen LogP contribution in [0.5, 0.6) is 0 Å². The van der Waals surface area contributed by atoms with Crippen LogP contribution in [0, 0.1) is 0 Å². The smallest absolute Gasteiger partial charge is 0.355 e. The van der Waals surface area contributed by atoms with Gasteiger partial charge in [0.25, 0.3) is 0 Å². The standard InChI is InChI=1S/C11H18O4Si/c1-10(11-8-6-5-7-9-11)15-16(12-2,13-3)14-4/h5-10H,1-4H3. The van der Waals surface area contributed by atoms with Gasteiger partial charge in [0.05, 0.1) is 6.10 Å². The van der Waals surface area contributed by atoms with Gasteiger partial charge in [-0.3, -0.25) is 0 Å². The molecule has 0 saturated carbocycles. The molecule has 1 aromatic carbocycles. The van der Waals surface area contributed by atoms with E-state index in [1.54, 1.807) is 0 Å². The molecule has 0 amide bonds. The Bertz CT molecular complexity index is 292. The molecule has 0 radical (unpaired) electrons. The number of rotatable bonds is 6. The third kappa shape index (κ3) is 3.13. The summed E-state index contributed by atoms with van der Waals surface area (Å²) in [6, 6.07) is 9.87. The summed E-state index contributed by atoms with van der Waals surface area (Å²) in [6.45, 7) is 1.94. The van der Waals surface area contributed by atoms with Gasteiger partial charge >= 0.3 is 9.05 Å². The highest BCUT2D eigenvalue weighted by molar-refractivity contribution is 6.53. The molecular formula is C11H18O4Si. The van der Waals surface area contributed by atoms with Gasteiger partial charge in [-0.1, -0.05) is 30.3 Å². The molecule has 4 nitrogen and oxygen atoms in total. The molecule has 1 rings (SSSR count). The topological polar surface area (TPSA) is 36.9 Å². The lowest BCUT2D eigenvalue weighted by Gasteiger charge is -2.26. The van der Waals surface area contributed by atoms with Gasteiger partial charge in [0.15, 0.2) is 0 Å². The Morgan fingerprint density at radius 3 is 1.88 bits per heavy atom. The molecule has 0 aliphatic rings. The van der Waals surface area contributed by atoms with E-state index < -0.39 is 9.05 Å². The molecule has 1 aromatic rings. The molecule has 0 N–H and O–H groups in total. The van der Waals surface area contributed by atoms with Crippen molar-refractivity contribution in [3.05, 3.63) is 35.9 Å². The lowest BCUT2D eigenvalue weighted by atomic mass is 10.1. The highest BCUT2D eigenvalue weighted by atomic mass is 28.4. The third-order valence-electron chi connectivity index (χ3n) is 2.34. The molecule has 16 heavy (non-hydrogen) atoms. The summed E-state index contributed by atoms with van der Waals surface area (Å²) in [5, 5.41) is 0. The zero-order valence-electron chi connectivity index (χ0n) is 10.1. The van der Waals surface area contributed by atoms with Crippen LogP contribution < -0.4 is 0 Å². The van der Waals surface area contributed by atoms with Crippen LogP contribution in [-0.4, -0.2) is 30.4 Å². The summed E-state index contributed by atoms with van der Waals surface area (Å²) in [7, 11) is 1.61. The minimum Gasteiger partial charge on any atom is -0.355 e. The van der Waals surface area contributed by atoms with Gasteiger partial charge < -0.3 is 17.7 Å². The van der Waals surface area contributed by atoms with E-state index in [9.17, 15) is 0 Å². The van der Waals surface area contributed by atoms with E-state index in [0.29, 0.717) is 0 Å². The highest BCUT2D eigenvalue weighted by Crippen LogP contribution is 2.22. The average Bonchev–Trinajstić information content (AvgIpc) is 2.37. The van der Waals surface area contributed by atoms with Crippen LogP contribution in [0.15, 0.2) is 30.3 Å². The fraction of sp³-hybridized carbons (Fsp3) is 0.455. The predicted octanol–water partition coefficient (Wildman–Crippen LogP) is 2.14. The maximum atomic E-state index is 5.74. The summed E-state index contributed by atoms with van der Waals surface area (Å²) >= 11 is 0. The van der Waals surface area contributed by atoms with Gasteiger partial charge in [-0.2, -0.15) is 0 Å². The molecule has 5 heteroatoms. The second kappa shape index (κ2) is 6.12. The maximum Gasteiger partial charge on any atom is 0.679 e. The van der Waals surface area contributed by atoms with Crippen LogP contribution in [-0.2, 0) is 17.7 Å². The molecule has 0 heterocycles. The molecule has 1 unspecified atom stereocenters. The molecule has 0 fully saturated rings. The normalized spacial score (nSPS) is 13.8. The molecule has 1 atom stereocenters. The monoisotopic (exact) mass is 242 g/mol. The van der Waals surface area contributed by atoms with Crippen LogP contribution in [0.2, 0.25) is 0 Å². The van der Waals surface area contributed by atoms with Crippen LogP contribution in [0.25, 0.3) is 0 Å². The van der Waals surface area contributed by atoms with Gasteiger partial charge in [-0.15, -0.1) is 0 Å². The molecule has 0 saturated heterocycles. The van der Waals surface area contributed by atoms with Crippen molar-refractivity contribution >= 4 is 9.05 Å². The van der Waals surface area contributed by atoms with Crippen molar-refractivity contribution in [3.8, 4) is 0 Å². The average molecular weight is 242 g/mol. The first kappa shape index (κ1) is 13.3. The number of hydrogen-bond donors (Lipinski definition) is 0. The molecule has 0 aromatic heterocycles. The predicted molar refractivity (Wildman–Crippen MR) is 62.7 cm³/mol. The van der Waals surface area contributed by atoms with Crippen LogP contribution in [0.3, 0.4) is 0 Å². The van der Waals surface area contributed by atoms with Crippen LogP contribution in [0.4, 0.5) is 0 Å². The molecule has 0 spiro atoms. The van der Waals surface area contributed by atoms with Crippen molar-refractivity contribution in [1.29, 1.82) is 0 Å². The Morgan fingerprint density at radius 1 is 0.938 bits per heavy atom. The van der Waals surface area contributed by atoms with E-state index in [1.807, 2.05) is 37.3 Å². The highest BCUT2D eigenvalue weighted by Gasteiger charge is 2.44. The second-order valence-electron chi connectivity index (χ2n) is 3.28. The van der Waals surface area contributed by atoms with Crippen molar-refractivity contribution in [2.45, 2.75) is 13.0 Å². The van der Waals surface area contributed by atoms with Gasteiger partial charge in [0.2, 0.25) is 0 Å². The largest absolute Gasteiger partial charge is 0.679 e. The van der Waals surface area contributed by atoms with Gasteiger partial charge in [0.1, 0.15) is 0 Å². The Balaban J connectivity index is 2.73. The van der Waals surface area contributed by atoms with Crippen molar-refractivity contribution in [2.24, 2.45) is 0 Å². The maximum absolute atomic E-state index is 5.74. The van der Waals surface area contributed by atoms with Crippen molar-refractivity contribution < 1.29 is 17.7 Å². The Labute approximate surface area is 97.6 Å². The number of hydrogen-bond acceptors (Lipinski definition) is 4. The van der Waals surface area contributed by atoms with Crippen LogP contribution >= 0.6 is 0 Å². The van der Waals surface area contributed by atoms with Crippen molar-refractivity contribution in [2.75, 3.05) is 21.3 Å². The minimum absolute atomic E-state index is 0.132. The summed E-state index contributed by atoms with van der Waals surface area (Å²) in [4.78, 5) is 0. The van der Waals surface area contributed by atoms with E-state index in [4.69, 9.17) is 17.7 Å². The van der Waals surface area contributed by atoms with E-state index in [0.717, 1.165) is 5.56 Å². The fourth-order valence-corrected chi connectivity index (χ4v) is 2.76. The zero-order chi connectivity index (χ0) is 12.0. The van der Waals surface area contributed by atoms with E-state index in [2.05, 4.69) is 0 Å². The lowest BCUT2D eigenvalue weighted by molar-refractivity contribution is -0.0183. The van der Waals surface area contributed by atoms with Gasteiger partial charge in [-0.25, -0.2) is 0 Å². The first-order valence-electron chi connectivity index (χ1n) is 5.05. The molecule has 0 aliphatic carbocycles. The first-order valence-corrected chi connectivity index (χ1v) is 6.69. The SMILES string of the molecule is CO[Si](OC)(OC)OC(C)c1ccccc1. The fourth-order valence-electron chi connectivity index (χ4n) is 1.40. The van der Waals surface area contributed by atoms with Crippen LogP contribution in [0.1, 0.15) is 18.6 Å². The zero-order valence-corrected chi connectivity index (χ0v) is 11.1. The van der Waals surface area contributed by atoms with Crippen molar-refractivity contribution in [1.82, 2.24) is 0 Å². The Hall–Kier alpha value is -0.723. The first-order chi connectivity index (χ1) is 7.67. The Kier molecular flexibility index (Phi) is 5.10. The second-order valence-corrected chi connectivity index (χ2v) is 5.74. The summed E-state index contributed by atoms with van der Waals surface area (Å²) in [6.07, 6.45) is -0.132. The van der Waals surface area contributed by atoms with E-state index >= 15 is 0 Å².